The van der Waals surface area contributed by atoms with Gasteiger partial charge >= 0.3 is 0 Å². The van der Waals surface area contributed by atoms with Crippen molar-refractivity contribution < 1.29 is 19.0 Å². The van der Waals surface area contributed by atoms with Crippen LogP contribution < -0.4 is 4.43 Å². The third kappa shape index (κ3) is 6.20. The fraction of sp³-hybridized carbons (Fsp3) is 0.586. The van der Waals surface area contributed by atoms with E-state index in [4.69, 9.17) is 27.6 Å². The van der Waals surface area contributed by atoms with Crippen LogP contribution in [0.25, 0.3) is 0 Å². The van der Waals surface area contributed by atoms with Gasteiger partial charge in [0.1, 0.15) is 11.6 Å². The van der Waals surface area contributed by atoms with E-state index in [0.29, 0.717) is 63.9 Å². The molecular weight excluding hydrogens is 528 g/mol. The lowest BCUT2D eigenvalue weighted by Crippen LogP contribution is -2.50. The highest BCUT2D eigenvalue weighted by molar-refractivity contribution is 6.78. The van der Waals surface area contributed by atoms with Crippen LogP contribution in [0, 0.1) is 5.82 Å². The van der Waals surface area contributed by atoms with Crippen LogP contribution in [-0.4, -0.2) is 42.6 Å². The van der Waals surface area contributed by atoms with Crippen molar-refractivity contribution in [2.24, 2.45) is 0 Å². The maximum Gasteiger partial charge on any atom is 0.258 e. The third-order valence-corrected chi connectivity index (χ3v) is 14.9. The predicted octanol–water partition coefficient (Wildman–Crippen LogP) is 8.09. The van der Waals surface area contributed by atoms with Crippen molar-refractivity contribution in [3.63, 3.8) is 0 Å². The molecule has 2 aromatic carbocycles. The highest BCUT2D eigenvalue weighted by Crippen LogP contribution is 2.47. The van der Waals surface area contributed by atoms with E-state index in [1.807, 2.05) is 6.92 Å². The van der Waals surface area contributed by atoms with Crippen LogP contribution in [0.3, 0.4) is 0 Å². The molecule has 0 saturated carbocycles. The first kappa shape index (κ1) is 30.4. The summed E-state index contributed by atoms with van der Waals surface area (Å²) in [7, 11) is -2.25. The Morgan fingerprint density at radius 3 is 1.78 bits per heavy atom. The first-order valence-corrected chi connectivity index (χ1v) is 16.2. The van der Waals surface area contributed by atoms with E-state index in [2.05, 4.69) is 46.4 Å². The molecule has 1 aliphatic rings. The Kier molecular flexibility index (Phi) is 9.80. The SMILES string of the molecule is CC(C)[Si](Oc1c(Cl)cc([C@@H](O)[C@@H](C)N2CCC(O)(c3ccc(F)cc3)CC2)cc1Cl)(C(C)C)C(C)C. The number of nitrogens with zero attached hydrogens (tertiary/aromatic N) is 1. The fourth-order valence-corrected chi connectivity index (χ4v) is 12.2. The molecule has 0 radical (unpaired) electrons. The van der Waals surface area contributed by atoms with Crippen LogP contribution in [0.1, 0.15) is 78.5 Å². The Morgan fingerprint density at radius 2 is 1.35 bits per heavy atom. The van der Waals surface area contributed by atoms with Gasteiger partial charge in [0.15, 0.2) is 0 Å². The molecule has 1 fully saturated rings. The summed E-state index contributed by atoms with van der Waals surface area (Å²) in [5.41, 5.74) is 1.48. The molecule has 0 unspecified atom stereocenters. The summed E-state index contributed by atoms with van der Waals surface area (Å²) >= 11 is 13.5. The summed E-state index contributed by atoms with van der Waals surface area (Å²) in [6, 6.07) is 9.36. The zero-order chi connectivity index (χ0) is 27.7. The van der Waals surface area contributed by atoms with E-state index < -0.39 is 20.0 Å². The molecule has 0 spiro atoms. The van der Waals surface area contributed by atoms with Gasteiger partial charge in [0.25, 0.3) is 8.32 Å². The van der Waals surface area contributed by atoms with E-state index in [0.717, 1.165) is 5.56 Å². The molecule has 206 valence electrons. The molecule has 0 aliphatic carbocycles. The summed E-state index contributed by atoms with van der Waals surface area (Å²) in [5.74, 6) is 0.193. The molecular formula is C29H42Cl2FNO3Si. The number of hydrogen-bond acceptors (Lipinski definition) is 4. The third-order valence-electron chi connectivity index (χ3n) is 8.39. The van der Waals surface area contributed by atoms with Gasteiger partial charge in [0, 0.05) is 19.1 Å². The Bertz CT molecular complexity index is 1010. The van der Waals surface area contributed by atoms with Crippen LogP contribution in [0.5, 0.6) is 5.75 Å². The first-order valence-electron chi connectivity index (χ1n) is 13.3. The van der Waals surface area contributed by atoms with E-state index in [-0.39, 0.29) is 11.9 Å². The van der Waals surface area contributed by atoms with Crippen LogP contribution in [0.4, 0.5) is 4.39 Å². The predicted molar refractivity (Wildman–Crippen MR) is 154 cm³/mol. The van der Waals surface area contributed by atoms with E-state index >= 15 is 0 Å². The lowest BCUT2D eigenvalue weighted by atomic mass is 9.83. The molecule has 8 heteroatoms. The molecule has 0 aromatic heterocycles. The van der Waals surface area contributed by atoms with Crippen molar-refractivity contribution in [3.05, 3.63) is 63.4 Å². The van der Waals surface area contributed by atoms with Crippen molar-refractivity contribution in [2.45, 2.75) is 95.7 Å². The number of aliphatic hydroxyl groups is 2. The summed E-state index contributed by atoms with van der Waals surface area (Å²) in [6.07, 6.45) is 0.176. The van der Waals surface area contributed by atoms with Gasteiger partial charge in [0.2, 0.25) is 0 Å². The summed E-state index contributed by atoms with van der Waals surface area (Å²) in [5, 5.41) is 23.2. The number of hydrogen-bond donors (Lipinski definition) is 2. The molecule has 2 atom stereocenters. The maximum atomic E-state index is 13.3. The number of piperidine rings is 1. The summed E-state index contributed by atoms with van der Waals surface area (Å²) < 4.78 is 20.1. The Morgan fingerprint density at radius 1 is 0.892 bits per heavy atom. The Hall–Kier alpha value is -1.15. The first-order chi connectivity index (χ1) is 17.2. The monoisotopic (exact) mass is 569 g/mol. The largest absolute Gasteiger partial charge is 0.541 e. The molecule has 1 saturated heterocycles. The number of halogens is 3. The number of benzene rings is 2. The van der Waals surface area contributed by atoms with Gasteiger partial charge in [-0.1, -0.05) is 76.9 Å². The lowest BCUT2D eigenvalue weighted by Gasteiger charge is -2.43. The molecule has 2 aromatic rings. The minimum atomic E-state index is -2.25. The lowest BCUT2D eigenvalue weighted by molar-refractivity contribution is -0.0502. The highest BCUT2D eigenvalue weighted by Gasteiger charge is 2.47. The zero-order valence-electron chi connectivity index (χ0n) is 23.1. The van der Waals surface area contributed by atoms with E-state index in [1.54, 1.807) is 24.3 Å². The fourth-order valence-electron chi connectivity index (χ4n) is 6.21. The minimum Gasteiger partial charge on any atom is -0.541 e. The smallest absolute Gasteiger partial charge is 0.258 e. The van der Waals surface area contributed by atoms with Gasteiger partial charge in [-0.3, -0.25) is 4.90 Å². The van der Waals surface area contributed by atoms with E-state index in [1.165, 1.54) is 12.1 Å². The number of aliphatic hydroxyl groups excluding tert-OH is 1. The Balaban J connectivity index is 1.76. The van der Waals surface area contributed by atoms with Gasteiger partial charge in [-0.25, -0.2) is 4.39 Å². The molecule has 0 bridgehead atoms. The minimum absolute atomic E-state index is 0.216. The summed E-state index contributed by atoms with van der Waals surface area (Å²) in [6.45, 7) is 16.4. The Labute approximate surface area is 232 Å². The molecule has 2 N–H and O–H groups in total. The van der Waals surface area contributed by atoms with Gasteiger partial charge in [-0.2, -0.15) is 0 Å². The second kappa shape index (κ2) is 11.9. The van der Waals surface area contributed by atoms with Crippen LogP contribution in [0.2, 0.25) is 26.7 Å². The van der Waals surface area contributed by atoms with Crippen LogP contribution in [0.15, 0.2) is 36.4 Å². The maximum absolute atomic E-state index is 13.3. The molecule has 4 nitrogen and oxygen atoms in total. The van der Waals surface area contributed by atoms with Crippen LogP contribution >= 0.6 is 23.2 Å². The average Bonchev–Trinajstić information content (AvgIpc) is 2.82. The molecule has 3 rings (SSSR count). The molecule has 1 heterocycles. The molecule has 37 heavy (non-hydrogen) atoms. The summed E-state index contributed by atoms with van der Waals surface area (Å²) in [4.78, 5) is 2.16. The van der Waals surface area contributed by atoms with Gasteiger partial charge in [-0.05, 0) is 71.8 Å². The average molecular weight is 571 g/mol. The van der Waals surface area contributed by atoms with Gasteiger partial charge in [0.05, 0.1) is 21.8 Å². The van der Waals surface area contributed by atoms with Gasteiger partial charge in [-0.15, -0.1) is 0 Å². The quantitative estimate of drug-likeness (QED) is 0.299. The number of rotatable bonds is 9. The molecule has 1 aliphatic heterocycles. The van der Waals surface area contributed by atoms with Crippen molar-refractivity contribution >= 4 is 31.5 Å². The highest BCUT2D eigenvalue weighted by atomic mass is 35.5. The standard InChI is InChI=1S/C29H42Cl2FNO3Si/c1-18(2)37(19(3)4,20(5)6)36-28-25(30)16-22(17-26(28)31)27(34)21(7)33-14-12-29(35,13-15-33)23-8-10-24(32)11-9-23/h8-11,16-21,27,34-35H,12-15H2,1-7H3/t21-,27+/m1/s1. The van der Waals surface area contributed by atoms with Crippen molar-refractivity contribution in [3.8, 4) is 5.75 Å². The zero-order valence-corrected chi connectivity index (χ0v) is 25.6. The number of likely N-dealkylation sites (tertiary alicyclic amines) is 1. The molecule has 0 amide bonds. The van der Waals surface area contributed by atoms with E-state index in [9.17, 15) is 14.6 Å². The second-order valence-corrected chi connectivity index (χ2v) is 17.7. The topological polar surface area (TPSA) is 52.9 Å². The van der Waals surface area contributed by atoms with Crippen molar-refractivity contribution in [2.75, 3.05) is 13.1 Å². The van der Waals surface area contributed by atoms with Crippen molar-refractivity contribution in [1.82, 2.24) is 4.90 Å². The second-order valence-electron chi connectivity index (χ2n) is 11.5. The van der Waals surface area contributed by atoms with Crippen LogP contribution in [-0.2, 0) is 5.60 Å². The van der Waals surface area contributed by atoms with Gasteiger partial charge < -0.3 is 14.6 Å². The van der Waals surface area contributed by atoms with Crippen molar-refractivity contribution in [1.29, 1.82) is 0 Å². The normalized spacial score (nSPS) is 18.5.